The lowest BCUT2D eigenvalue weighted by Crippen LogP contribution is -2.42. The lowest BCUT2D eigenvalue weighted by atomic mass is 9.86. The summed E-state index contributed by atoms with van der Waals surface area (Å²) in [4.78, 5) is 17.2. The number of benzene rings is 2. The monoisotopic (exact) mass is 473 g/mol. The van der Waals surface area contributed by atoms with Gasteiger partial charge in [0, 0.05) is 13.1 Å². The van der Waals surface area contributed by atoms with Gasteiger partial charge in [-0.05, 0) is 47.7 Å². The standard InChI is InChI=1S/C25H35N3O4S/c1-25(2,3)20-11-9-19(10-12-20)23-27(4)22(17-26-33(6,30)31)24(29)28(23)16-15-18-7-13-21(32-5)14-8-18/h7-14,22-23,26H,15-17H2,1-6H3/t22-,23-/m0/s1. The Balaban J connectivity index is 1.87. The van der Waals surface area contributed by atoms with Crippen LogP contribution in [0.25, 0.3) is 0 Å². The van der Waals surface area contributed by atoms with Crippen LogP contribution in [-0.4, -0.2) is 63.7 Å². The zero-order valence-electron chi connectivity index (χ0n) is 20.3. The molecule has 2 aromatic rings. The Labute approximate surface area is 197 Å². The van der Waals surface area contributed by atoms with Crippen LogP contribution < -0.4 is 9.46 Å². The van der Waals surface area contributed by atoms with Gasteiger partial charge in [0.1, 0.15) is 18.0 Å². The Morgan fingerprint density at radius 1 is 1.03 bits per heavy atom. The molecule has 1 heterocycles. The van der Waals surface area contributed by atoms with E-state index in [0.29, 0.717) is 13.0 Å². The van der Waals surface area contributed by atoms with Gasteiger partial charge in [-0.15, -0.1) is 0 Å². The Hall–Kier alpha value is -2.42. The number of methoxy groups -OCH3 is 1. The fourth-order valence-electron chi connectivity index (χ4n) is 4.18. The van der Waals surface area contributed by atoms with Crippen LogP contribution in [0, 0.1) is 0 Å². The Bertz CT molecular complexity index is 1060. The number of hydrogen-bond acceptors (Lipinski definition) is 5. The van der Waals surface area contributed by atoms with Gasteiger partial charge in [-0.1, -0.05) is 57.2 Å². The number of sulfonamides is 1. The van der Waals surface area contributed by atoms with Gasteiger partial charge in [0.15, 0.2) is 0 Å². The molecule has 1 amide bonds. The first-order chi connectivity index (χ1) is 15.4. The molecule has 0 radical (unpaired) electrons. The first-order valence-electron chi connectivity index (χ1n) is 11.1. The van der Waals surface area contributed by atoms with Crippen LogP contribution in [0.15, 0.2) is 48.5 Å². The van der Waals surface area contributed by atoms with Crippen molar-refractivity contribution < 1.29 is 17.9 Å². The average molecular weight is 474 g/mol. The number of nitrogens with one attached hydrogen (secondary N) is 1. The molecule has 1 aliphatic heterocycles. The molecule has 180 valence electrons. The van der Waals surface area contributed by atoms with Crippen LogP contribution in [0.3, 0.4) is 0 Å². The molecule has 1 N–H and O–H groups in total. The summed E-state index contributed by atoms with van der Waals surface area (Å²) in [6, 6.07) is 15.6. The molecule has 33 heavy (non-hydrogen) atoms. The van der Waals surface area contributed by atoms with E-state index in [2.05, 4.69) is 49.8 Å². The van der Waals surface area contributed by atoms with E-state index in [4.69, 9.17) is 4.74 Å². The van der Waals surface area contributed by atoms with Crippen LogP contribution in [0.1, 0.15) is 43.6 Å². The minimum absolute atomic E-state index is 0.0337. The van der Waals surface area contributed by atoms with Crippen molar-refractivity contribution in [3.05, 3.63) is 65.2 Å². The lowest BCUT2D eigenvalue weighted by Gasteiger charge is -2.30. The van der Waals surface area contributed by atoms with Crippen LogP contribution >= 0.6 is 0 Å². The molecular weight excluding hydrogens is 438 g/mol. The molecule has 1 aliphatic rings. The van der Waals surface area contributed by atoms with Gasteiger partial charge in [-0.3, -0.25) is 9.69 Å². The first kappa shape index (κ1) is 25.2. The highest BCUT2D eigenvalue weighted by Gasteiger charge is 2.44. The van der Waals surface area contributed by atoms with Gasteiger partial charge in [0.2, 0.25) is 15.9 Å². The molecule has 1 fully saturated rings. The maximum atomic E-state index is 13.4. The number of carbonyl (C=O) groups is 1. The first-order valence-corrected chi connectivity index (χ1v) is 13.0. The van der Waals surface area contributed by atoms with Crippen molar-refractivity contribution in [1.82, 2.24) is 14.5 Å². The highest BCUT2D eigenvalue weighted by Crippen LogP contribution is 2.34. The van der Waals surface area contributed by atoms with Crippen molar-refractivity contribution in [1.29, 1.82) is 0 Å². The summed E-state index contributed by atoms with van der Waals surface area (Å²) in [6.45, 7) is 7.07. The number of likely N-dealkylation sites (N-methyl/N-ethyl adjacent to an activating group) is 1. The maximum absolute atomic E-state index is 13.4. The van der Waals surface area contributed by atoms with Crippen LogP contribution in [0.2, 0.25) is 0 Å². The SMILES string of the molecule is COc1ccc(CCN2C(=O)[C@H](CNS(C)(=O)=O)N(C)[C@@H]2c2ccc(C(C)(C)C)cc2)cc1. The van der Waals surface area contributed by atoms with Crippen LogP contribution in [0.4, 0.5) is 0 Å². The van der Waals surface area contributed by atoms with E-state index in [1.165, 1.54) is 5.56 Å². The van der Waals surface area contributed by atoms with Gasteiger partial charge < -0.3 is 9.64 Å². The molecule has 0 aliphatic carbocycles. The Kier molecular flexibility index (Phi) is 7.51. The highest BCUT2D eigenvalue weighted by molar-refractivity contribution is 7.88. The van der Waals surface area contributed by atoms with Gasteiger partial charge in [-0.2, -0.15) is 0 Å². The van der Waals surface area contributed by atoms with E-state index in [9.17, 15) is 13.2 Å². The number of amides is 1. The van der Waals surface area contributed by atoms with Crippen molar-refractivity contribution in [2.75, 3.05) is 33.5 Å². The number of carbonyl (C=O) groups excluding carboxylic acids is 1. The fraction of sp³-hybridized carbons (Fsp3) is 0.480. The molecule has 0 bridgehead atoms. The largest absolute Gasteiger partial charge is 0.497 e. The summed E-state index contributed by atoms with van der Waals surface area (Å²) < 4.78 is 31.1. The Morgan fingerprint density at radius 2 is 1.64 bits per heavy atom. The summed E-state index contributed by atoms with van der Waals surface area (Å²) >= 11 is 0. The van der Waals surface area contributed by atoms with Crippen molar-refractivity contribution >= 4 is 15.9 Å². The van der Waals surface area contributed by atoms with Crippen molar-refractivity contribution in [3.8, 4) is 5.75 Å². The summed E-state index contributed by atoms with van der Waals surface area (Å²) in [5.74, 6) is 0.714. The molecule has 0 unspecified atom stereocenters. The normalized spacial score (nSPS) is 19.8. The summed E-state index contributed by atoms with van der Waals surface area (Å²) in [6.07, 6.45) is 1.53. The molecule has 0 spiro atoms. The van der Waals surface area contributed by atoms with E-state index in [-0.39, 0.29) is 24.0 Å². The van der Waals surface area contributed by atoms with E-state index in [1.807, 2.05) is 41.1 Å². The summed E-state index contributed by atoms with van der Waals surface area (Å²) in [5.41, 5.74) is 3.37. The van der Waals surface area contributed by atoms with Crippen LogP contribution in [0.5, 0.6) is 5.75 Å². The lowest BCUT2D eigenvalue weighted by molar-refractivity contribution is -0.130. The number of hydrogen-bond donors (Lipinski definition) is 1. The molecule has 2 atom stereocenters. The zero-order valence-corrected chi connectivity index (χ0v) is 21.1. The number of ether oxygens (including phenoxy) is 1. The fourth-order valence-corrected chi connectivity index (χ4v) is 4.64. The molecule has 0 aromatic heterocycles. The third kappa shape index (κ3) is 6.13. The molecule has 1 saturated heterocycles. The molecule has 2 aromatic carbocycles. The molecule has 0 saturated carbocycles. The minimum atomic E-state index is -3.40. The van der Waals surface area contributed by atoms with Gasteiger partial charge in [0.25, 0.3) is 0 Å². The number of rotatable bonds is 8. The topological polar surface area (TPSA) is 79.0 Å². The third-order valence-corrected chi connectivity index (χ3v) is 6.85. The second-order valence-electron chi connectivity index (χ2n) is 9.68. The molecule has 7 nitrogen and oxygen atoms in total. The third-order valence-electron chi connectivity index (χ3n) is 6.15. The van der Waals surface area contributed by atoms with E-state index >= 15 is 0 Å². The van der Waals surface area contributed by atoms with Crippen LogP contribution in [-0.2, 0) is 26.7 Å². The predicted molar refractivity (Wildman–Crippen MR) is 131 cm³/mol. The second-order valence-corrected chi connectivity index (χ2v) is 11.5. The molecule has 3 rings (SSSR count). The van der Waals surface area contributed by atoms with Crippen molar-refractivity contribution in [3.63, 3.8) is 0 Å². The highest BCUT2D eigenvalue weighted by atomic mass is 32.2. The smallest absolute Gasteiger partial charge is 0.242 e. The zero-order chi connectivity index (χ0) is 24.4. The van der Waals surface area contributed by atoms with E-state index in [1.54, 1.807) is 7.11 Å². The maximum Gasteiger partial charge on any atom is 0.242 e. The van der Waals surface area contributed by atoms with Crippen molar-refractivity contribution in [2.45, 2.75) is 44.8 Å². The van der Waals surface area contributed by atoms with Gasteiger partial charge >= 0.3 is 0 Å². The Morgan fingerprint density at radius 3 is 2.15 bits per heavy atom. The van der Waals surface area contributed by atoms with Gasteiger partial charge in [-0.25, -0.2) is 13.1 Å². The summed E-state index contributed by atoms with van der Waals surface area (Å²) in [5, 5.41) is 0. The molecular formula is C25H35N3O4S. The summed E-state index contributed by atoms with van der Waals surface area (Å²) in [7, 11) is 0.109. The minimum Gasteiger partial charge on any atom is -0.497 e. The van der Waals surface area contributed by atoms with E-state index in [0.717, 1.165) is 23.1 Å². The van der Waals surface area contributed by atoms with Gasteiger partial charge in [0.05, 0.1) is 13.4 Å². The average Bonchev–Trinajstić information content (AvgIpc) is 2.99. The molecule has 8 heteroatoms. The van der Waals surface area contributed by atoms with Crippen molar-refractivity contribution in [2.24, 2.45) is 0 Å². The second kappa shape index (κ2) is 9.83. The predicted octanol–water partition coefficient (Wildman–Crippen LogP) is 2.93. The quantitative estimate of drug-likeness (QED) is 0.638. The van der Waals surface area contributed by atoms with E-state index < -0.39 is 16.1 Å². The number of nitrogens with zero attached hydrogens (tertiary/aromatic N) is 2.